The van der Waals surface area contributed by atoms with Gasteiger partial charge in [-0.05, 0) is 98.8 Å². The maximum absolute atomic E-state index is 13.6. The lowest BCUT2D eigenvalue weighted by molar-refractivity contribution is -0.123. The van der Waals surface area contributed by atoms with Gasteiger partial charge in [-0.1, -0.05) is 23.8 Å². The Morgan fingerprint density at radius 2 is 1.67 bits per heavy atom. The average Bonchev–Trinajstić information content (AvgIpc) is 3.48. The molecule has 1 atom stereocenters. The normalized spacial score (nSPS) is 15.0. The molecule has 0 bridgehead atoms. The number of benzene rings is 3. The van der Waals surface area contributed by atoms with Gasteiger partial charge in [-0.25, -0.2) is 13.8 Å². The lowest BCUT2D eigenvalue weighted by atomic mass is 10.1. The van der Waals surface area contributed by atoms with E-state index in [1.54, 1.807) is 48.5 Å². The first-order chi connectivity index (χ1) is 20.1. The summed E-state index contributed by atoms with van der Waals surface area (Å²) in [5, 5.41) is 6.80. The first-order valence-corrected chi connectivity index (χ1v) is 15.1. The van der Waals surface area contributed by atoms with Gasteiger partial charge in [0.1, 0.15) is 12.3 Å². The molecule has 4 rings (SSSR count). The van der Waals surface area contributed by atoms with Crippen molar-refractivity contribution in [3.05, 3.63) is 89.0 Å². The molecule has 1 fully saturated rings. The minimum atomic E-state index is -4.03. The Kier molecular flexibility index (Phi) is 10.3. The summed E-state index contributed by atoms with van der Waals surface area (Å²) in [5.74, 6) is -0.318. The fourth-order valence-electron chi connectivity index (χ4n) is 4.47. The number of ether oxygens (including phenoxy) is 2. The van der Waals surface area contributed by atoms with Gasteiger partial charge in [-0.2, -0.15) is 5.10 Å². The summed E-state index contributed by atoms with van der Waals surface area (Å²) >= 11 is 0. The smallest absolute Gasteiger partial charge is 0.264 e. The molecule has 0 spiro atoms. The van der Waals surface area contributed by atoms with Gasteiger partial charge in [-0.15, -0.1) is 0 Å². The van der Waals surface area contributed by atoms with Gasteiger partial charge in [0.15, 0.2) is 6.61 Å². The van der Waals surface area contributed by atoms with Crippen molar-refractivity contribution in [2.45, 2.75) is 44.6 Å². The summed E-state index contributed by atoms with van der Waals surface area (Å²) in [7, 11) is -4.03. The fourth-order valence-corrected chi connectivity index (χ4v) is 5.88. The van der Waals surface area contributed by atoms with Gasteiger partial charge in [-0.3, -0.25) is 13.9 Å². The average molecular weight is 593 g/mol. The lowest BCUT2D eigenvalue weighted by Crippen LogP contribution is -2.39. The van der Waals surface area contributed by atoms with Crippen molar-refractivity contribution < 1.29 is 27.5 Å². The van der Waals surface area contributed by atoms with Crippen LogP contribution >= 0.6 is 0 Å². The largest absolute Gasteiger partial charge is 0.484 e. The predicted molar refractivity (Wildman–Crippen MR) is 161 cm³/mol. The van der Waals surface area contributed by atoms with Crippen LogP contribution in [0.3, 0.4) is 0 Å². The van der Waals surface area contributed by atoms with Crippen molar-refractivity contribution in [3.63, 3.8) is 0 Å². The molecule has 42 heavy (non-hydrogen) atoms. The number of carbonyl (C=O) groups is 2. The van der Waals surface area contributed by atoms with Gasteiger partial charge in [0.2, 0.25) is 0 Å². The molecule has 2 N–H and O–H groups in total. The van der Waals surface area contributed by atoms with Gasteiger partial charge >= 0.3 is 0 Å². The highest BCUT2D eigenvalue weighted by Gasteiger charge is 2.27. The van der Waals surface area contributed by atoms with E-state index < -0.39 is 22.5 Å². The van der Waals surface area contributed by atoms with Gasteiger partial charge in [0, 0.05) is 13.2 Å². The Hall–Kier alpha value is -4.22. The number of aryl methyl sites for hydroxylation is 3. The van der Waals surface area contributed by atoms with Crippen LogP contribution in [0.15, 0.2) is 76.7 Å². The second-order valence-corrected chi connectivity index (χ2v) is 12.1. The molecule has 1 saturated heterocycles. The summed E-state index contributed by atoms with van der Waals surface area (Å²) in [6.45, 7) is 6.25. The summed E-state index contributed by atoms with van der Waals surface area (Å²) in [6, 6.07) is 18.7. The van der Waals surface area contributed by atoms with Gasteiger partial charge in [0.05, 0.1) is 22.9 Å². The SMILES string of the molecule is Cc1ccc(S(=O)(=O)N(CC(=O)N/N=C\c2ccc(OCC(=O)NC[C@H]3CCCO3)cc2)c2cc(C)cc(C)c2)cc1. The summed E-state index contributed by atoms with van der Waals surface area (Å²) in [5.41, 5.74) is 6.15. The third-order valence-corrected chi connectivity index (χ3v) is 8.38. The first-order valence-electron chi connectivity index (χ1n) is 13.7. The van der Waals surface area contributed by atoms with Crippen LogP contribution in [-0.2, 0) is 24.3 Å². The number of hydrogen-bond acceptors (Lipinski definition) is 7. The summed E-state index contributed by atoms with van der Waals surface area (Å²) in [4.78, 5) is 25.0. The molecule has 0 aliphatic carbocycles. The first kappa shape index (κ1) is 30.7. The van der Waals surface area contributed by atoms with Crippen LogP contribution in [0.25, 0.3) is 0 Å². The number of nitrogens with zero attached hydrogens (tertiary/aromatic N) is 2. The van der Waals surface area contributed by atoms with Crippen molar-refractivity contribution in [1.29, 1.82) is 0 Å². The third kappa shape index (κ3) is 8.64. The predicted octanol–water partition coefficient (Wildman–Crippen LogP) is 3.63. The highest BCUT2D eigenvalue weighted by Crippen LogP contribution is 2.26. The van der Waals surface area contributed by atoms with Crippen LogP contribution in [-0.4, -0.2) is 58.9 Å². The van der Waals surface area contributed by atoms with E-state index in [2.05, 4.69) is 15.8 Å². The van der Waals surface area contributed by atoms with Crippen molar-refractivity contribution >= 4 is 33.7 Å². The number of rotatable bonds is 12. The van der Waals surface area contributed by atoms with Gasteiger partial charge < -0.3 is 14.8 Å². The van der Waals surface area contributed by atoms with E-state index in [1.165, 1.54) is 18.3 Å². The van der Waals surface area contributed by atoms with E-state index in [-0.39, 0.29) is 23.5 Å². The molecule has 0 unspecified atom stereocenters. The van der Waals surface area contributed by atoms with Crippen LogP contribution in [0, 0.1) is 20.8 Å². The van der Waals surface area contributed by atoms with Crippen LogP contribution < -0.4 is 19.8 Å². The van der Waals surface area contributed by atoms with Crippen molar-refractivity contribution in [1.82, 2.24) is 10.7 Å². The minimum absolute atomic E-state index is 0.0698. The number of hydrogen-bond donors (Lipinski definition) is 2. The maximum atomic E-state index is 13.6. The molecule has 222 valence electrons. The molecule has 3 aromatic rings. The van der Waals surface area contributed by atoms with E-state index in [9.17, 15) is 18.0 Å². The minimum Gasteiger partial charge on any atom is -0.484 e. The van der Waals surface area contributed by atoms with E-state index in [0.29, 0.717) is 23.5 Å². The fraction of sp³-hybridized carbons (Fsp3) is 0.323. The molecule has 0 aromatic heterocycles. The van der Waals surface area contributed by atoms with Crippen molar-refractivity contribution in [3.8, 4) is 5.75 Å². The molecular formula is C31H36N4O6S. The Balaban J connectivity index is 1.35. The highest BCUT2D eigenvalue weighted by atomic mass is 32.2. The molecular weight excluding hydrogens is 556 g/mol. The molecule has 0 radical (unpaired) electrons. The second kappa shape index (κ2) is 14.1. The quantitative estimate of drug-likeness (QED) is 0.244. The second-order valence-electron chi connectivity index (χ2n) is 10.3. The zero-order valence-corrected chi connectivity index (χ0v) is 24.8. The number of amides is 2. The van der Waals surface area contributed by atoms with Crippen LogP contribution in [0.5, 0.6) is 5.75 Å². The Labute approximate surface area is 246 Å². The van der Waals surface area contributed by atoms with Crippen molar-refractivity contribution in [2.75, 3.05) is 30.6 Å². The van der Waals surface area contributed by atoms with Crippen LogP contribution in [0.4, 0.5) is 5.69 Å². The molecule has 10 nitrogen and oxygen atoms in total. The maximum Gasteiger partial charge on any atom is 0.264 e. The van der Waals surface area contributed by atoms with E-state index in [4.69, 9.17) is 9.47 Å². The number of anilines is 1. The zero-order chi connectivity index (χ0) is 30.1. The Morgan fingerprint density at radius 1 is 0.976 bits per heavy atom. The lowest BCUT2D eigenvalue weighted by Gasteiger charge is -2.24. The molecule has 2 amide bonds. The molecule has 3 aromatic carbocycles. The summed E-state index contributed by atoms with van der Waals surface area (Å²) < 4.78 is 39.3. The molecule has 0 saturated carbocycles. The summed E-state index contributed by atoms with van der Waals surface area (Å²) in [6.07, 6.45) is 3.46. The molecule has 11 heteroatoms. The number of hydrazone groups is 1. The van der Waals surface area contributed by atoms with Crippen molar-refractivity contribution in [2.24, 2.45) is 5.10 Å². The van der Waals surface area contributed by atoms with Crippen LogP contribution in [0.1, 0.15) is 35.1 Å². The molecule has 1 heterocycles. The standard InChI is InChI=1S/C31H36N4O6S/c1-22-6-12-29(13-7-22)42(38,39)35(26-16-23(2)15-24(3)17-26)20-30(36)34-33-18-25-8-10-27(11-9-25)41-21-31(37)32-19-28-5-4-14-40-28/h6-13,15-18,28H,4-5,14,19-21H2,1-3H3,(H,32,37)(H,34,36)/b33-18-/t28-/m1/s1. The van der Waals surface area contributed by atoms with E-state index >= 15 is 0 Å². The Bertz CT molecular complexity index is 1500. The number of carbonyl (C=O) groups excluding carboxylic acids is 2. The third-order valence-electron chi connectivity index (χ3n) is 6.59. The number of sulfonamides is 1. The number of nitrogens with one attached hydrogen (secondary N) is 2. The Morgan fingerprint density at radius 3 is 2.31 bits per heavy atom. The monoisotopic (exact) mass is 592 g/mol. The van der Waals surface area contributed by atoms with E-state index in [1.807, 2.05) is 26.8 Å². The zero-order valence-electron chi connectivity index (χ0n) is 24.0. The van der Waals surface area contributed by atoms with E-state index in [0.717, 1.165) is 40.4 Å². The molecule has 1 aliphatic rings. The van der Waals surface area contributed by atoms with Gasteiger partial charge in [0.25, 0.3) is 21.8 Å². The topological polar surface area (TPSA) is 126 Å². The molecule has 1 aliphatic heterocycles. The highest BCUT2D eigenvalue weighted by molar-refractivity contribution is 7.92. The van der Waals surface area contributed by atoms with Crippen LogP contribution in [0.2, 0.25) is 0 Å².